The molecule has 5 rings (SSSR count). The summed E-state index contributed by atoms with van der Waals surface area (Å²) in [5, 5.41) is 8.28. The van der Waals surface area contributed by atoms with Crippen molar-refractivity contribution in [2.24, 2.45) is 0 Å². The number of amides is 1. The summed E-state index contributed by atoms with van der Waals surface area (Å²) < 4.78 is 2.42. The van der Waals surface area contributed by atoms with Crippen LogP contribution in [0, 0.1) is 0 Å². The van der Waals surface area contributed by atoms with E-state index in [1.54, 1.807) is 33.9 Å². The van der Waals surface area contributed by atoms with Crippen LogP contribution in [-0.4, -0.2) is 39.0 Å². The summed E-state index contributed by atoms with van der Waals surface area (Å²) in [6.45, 7) is 14.2. The van der Waals surface area contributed by atoms with Crippen LogP contribution >= 0.6 is 39.7 Å². The smallest absolute Gasteiger partial charge is 0.261 e. The van der Waals surface area contributed by atoms with Gasteiger partial charge in [0.2, 0.25) is 0 Å². The first-order valence-electron chi connectivity index (χ1n) is 25.3. The van der Waals surface area contributed by atoms with Crippen molar-refractivity contribution < 1.29 is 4.79 Å². The number of nitrogens with zero attached hydrogens (tertiary/aromatic N) is 1. The van der Waals surface area contributed by atoms with Gasteiger partial charge >= 0.3 is 0 Å². The van der Waals surface area contributed by atoms with Gasteiger partial charge in [0.15, 0.2) is 0 Å². The normalized spacial score (nSPS) is 12.9. The zero-order valence-electron chi connectivity index (χ0n) is 41.4. The topological polar surface area (TPSA) is 20.3 Å². The largest absolute Gasteiger partial charge is 0.280 e. The van der Waals surface area contributed by atoms with Crippen molar-refractivity contribution in [3.05, 3.63) is 133 Å². The highest BCUT2D eigenvalue weighted by Crippen LogP contribution is 2.57. The highest BCUT2D eigenvalue weighted by molar-refractivity contribution is 8.00. The number of hydrogen-bond donors (Lipinski definition) is 0. The first-order chi connectivity index (χ1) is 31.8. The van der Waals surface area contributed by atoms with E-state index in [0.717, 1.165) is 5.56 Å². The van der Waals surface area contributed by atoms with Gasteiger partial charge in [0, 0.05) is 36.6 Å². The second-order valence-corrected chi connectivity index (χ2v) is 33.5. The van der Waals surface area contributed by atoms with E-state index in [9.17, 15) is 0 Å². The number of rotatable bonds is 29. The molecule has 5 aromatic rings. The van der Waals surface area contributed by atoms with Crippen LogP contribution in [0.15, 0.2) is 137 Å². The van der Waals surface area contributed by atoms with Crippen LogP contribution in [0.1, 0.15) is 129 Å². The minimum Gasteiger partial charge on any atom is -0.280 e. The Balaban J connectivity index is 1.83. The quantitative estimate of drug-likeness (QED) is 0.0271. The first-order valence-corrected chi connectivity index (χ1v) is 35.5. The molecule has 2 unspecified atom stereocenters. The van der Waals surface area contributed by atoms with Crippen molar-refractivity contribution in [3.8, 4) is 0 Å². The number of hydrogen-bond acceptors (Lipinski definition) is 3. The number of carbonyl (C=O) groups excluding carboxylic acids is 1. The van der Waals surface area contributed by atoms with Crippen LogP contribution in [0.4, 0.5) is 0 Å². The minimum atomic E-state index is -1.75. The molecule has 0 saturated carbocycles. The van der Waals surface area contributed by atoms with Crippen LogP contribution in [0.25, 0.3) is 0 Å². The van der Waals surface area contributed by atoms with E-state index < -0.39 is 32.3 Å². The van der Waals surface area contributed by atoms with Gasteiger partial charge in [-0.1, -0.05) is 268 Å². The van der Waals surface area contributed by atoms with Crippen molar-refractivity contribution in [2.75, 3.05) is 12.5 Å². The minimum absolute atomic E-state index is 0.109. The van der Waals surface area contributed by atoms with Gasteiger partial charge in [-0.05, 0) is 36.8 Å². The molecule has 0 bridgehead atoms. The summed E-state index contributed by atoms with van der Waals surface area (Å²) in [5.41, 5.74) is 0.749. The first kappa shape index (κ1) is 53.5. The molecule has 0 heterocycles. The molecule has 0 spiro atoms. The van der Waals surface area contributed by atoms with E-state index in [4.69, 9.17) is 0 Å². The maximum absolute atomic E-state index is 16.0. The molecule has 0 fully saturated rings. The molecule has 0 N–H and O–H groups in total. The molecule has 0 aliphatic heterocycles. The molecule has 2 atom stereocenters. The van der Waals surface area contributed by atoms with Gasteiger partial charge in [-0.3, -0.25) is 9.24 Å². The van der Waals surface area contributed by atoms with Crippen molar-refractivity contribution in [2.45, 2.75) is 165 Å². The molecule has 0 radical (unpaired) electrons. The zero-order chi connectivity index (χ0) is 46.5. The predicted octanol–water partition coefficient (Wildman–Crippen LogP) is 15.8. The standard InChI is InChI=1S/C57H81NOP2S2Si2/c1-9-15-42-64(43-16-10-2,44-17-11-3)51-38-34-49(35-39-51)60(53-30-24-26-32-55(53)62-7)58(57(59)48-28-22-21-23-29-48)61(54-31-25-27-33-56(54)63-8)50-36-40-52(41-37-50)65(45-18-12-4,46-19-13-5)47-20-14-6/h21-41H,9-20,42-47H2,1-8H3. The molecule has 8 heteroatoms. The van der Waals surface area contributed by atoms with E-state index >= 15 is 4.79 Å². The fraction of sp³-hybridized carbons (Fsp3) is 0.456. The summed E-state index contributed by atoms with van der Waals surface area (Å²) >= 11 is 3.61. The van der Waals surface area contributed by atoms with Crippen molar-refractivity contribution >= 4 is 93.3 Å². The Hall–Kier alpha value is -2.44. The second kappa shape index (κ2) is 28.2. The van der Waals surface area contributed by atoms with Gasteiger partial charge in [0.1, 0.15) is 0 Å². The van der Waals surface area contributed by atoms with Gasteiger partial charge in [-0.15, -0.1) is 23.5 Å². The summed E-state index contributed by atoms with van der Waals surface area (Å²) in [7, 11) is -6.17. The van der Waals surface area contributed by atoms with E-state index in [1.807, 2.05) is 30.3 Å². The number of benzene rings is 5. The monoisotopic (exact) mass is 977 g/mol. The highest BCUT2D eigenvalue weighted by atomic mass is 32.2. The molecular formula is C57H81NOP2S2Si2. The molecule has 5 aromatic carbocycles. The van der Waals surface area contributed by atoms with Gasteiger partial charge in [0.05, 0.1) is 32.3 Å². The van der Waals surface area contributed by atoms with E-state index in [1.165, 1.54) is 144 Å². The lowest BCUT2D eigenvalue weighted by atomic mass is 10.2. The third-order valence-corrected chi connectivity index (χ3v) is 32.0. The Morgan fingerprint density at radius 3 is 1.05 bits per heavy atom. The van der Waals surface area contributed by atoms with E-state index in [-0.39, 0.29) is 5.91 Å². The summed E-state index contributed by atoms with van der Waals surface area (Å²) in [6, 6.07) is 56.4. The average Bonchev–Trinajstić information content (AvgIpc) is 3.36. The summed E-state index contributed by atoms with van der Waals surface area (Å²) in [4.78, 5) is 18.5. The highest BCUT2D eigenvalue weighted by Gasteiger charge is 2.40. The van der Waals surface area contributed by atoms with Crippen molar-refractivity contribution in [3.63, 3.8) is 0 Å². The number of carbonyl (C=O) groups is 1. The van der Waals surface area contributed by atoms with Crippen LogP contribution < -0.4 is 31.6 Å². The Morgan fingerprint density at radius 2 is 0.738 bits per heavy atom. The van der Waals surface area contributed by atoms with Gasteiger partial charge in [-0.25, -0.2) is 0 Å². The third kappa shape index (κ3) is 13.9. The van der Waals surface area contributed by atoms with E-state index in [2.05, 4.69) is 156 Å². The second-order valence-electron chi connectivity index (χ2n) is 18.2. The fourth-order valence-electron chi connectivity index (χ4n) is 9.90. The lowest BCUT2D eigenvalue weighted by Crippen LogP contribution is -2.48. The van der Waals surface area contributed by atoms with Crippen LogP contribution in [0.5, 0.6) is 0 Å². The fourth-order valence-corrected chi connectivity index (χ4v) is 28.9. The van der Waals surface area contributed by atoms with Gasteiger partial charge in [-0.2, -0.15) is 0 Å². The molecule has 0 aliphatic rings. The predicted molar refractivity (Wildman–Crippen MR) is 303 cm³/mol. The Labute approximate surface area is 410 Å². The van der Waals surface area contributed by atoms with Crippen LogP contribution in [0.2, 0.25) is 36.3 Å². The average molecular weight is 979 g/mol. The summed E-state index contributed by atoms with van der Waals surface area (Å²) in [5.74, 6) is 0.109. The molecule has 0 aliphatic carbocycles. The van der Waals surface area contributed by atoms with Crippen molar-refractivity contribution in [1.82, 2.24) is 4.44 Å². The van der Waals surface area contributed by atoms with Crippen LogP contribution in [0.3, 0.4) is 0 Å². The molecular weight excluding hydrogens is 897 g/mol. The number of unbranched alkanes of at least 4 members (excludes halogenated alkanes) is 6. The SMILES string of the molecule is CCCC[Si](CCCC)(CCCC)c1ccc(P(c2ccccc2SC)N(C(=O)c2ccccc2)P(c2ccc([Si](CCCC)(CCCC)CCCC)cc2)c2ccccc2SC)cc1. The lowest BCUT2D eigenvalue weighted by Gasteiger charge is -2.40. The summed E-state index contributed by atoms with van der Waals surface area (Å²) in [6.07, 6.45) is 19.8. The van der Waals surface area contributed by atoms with Gasteiger partial charge < -0.3 is 0 Å². The molecule has 2 nitrogen and oxygen atoms in total. The molecule has 65 heavy (non-hydrogen) atoms. The molecule has 350 valence electrons. The lowest BCUT2D eigenvalue weighted by molar-refractivity contribution is 0.0928. The maximum Gasteiger partial charge on any atom is 0.261 e. The van der Waals surface area contributed by atoms with Gasteiger partial charge in [0.25, 0.3) is 5.91 Å². The van der Waals surface area contributed by atoms with E-state index in [0.29, 0.717) is 0 Å². The Morgan fingerprint density at radius 1 is 0.431 bits per heavy atom. The molecule has 1 amide bonds. The number of thioether (sulfide) groups is 2. The van der Waals surface area contributed by atoms with Crippen molar-refractivity contribution in [1.29, 1.82) is 0 Å². The third-order valence-electron chi connectivity index (χ3n) is 13.7. The Kier molecular flexibility index (Phi) is 23.2. The molecule has 0 saturated heterocycles. The van der Waals surface area contributed by atoms with Crippen LogP contribution in [-0.2, 0) is 0 Å². The zero-order valence-corrected chi connectivity index (χ0v) is 46.8. The Bertz CT molecular complexity index is 1960. The maximum atomic E-state index is 16.0. The molecule has 0 aromatic heterocycles.